The molecule has 1 aliphatic rings. The third kappa shape index (κ3) is 4.55. The van der Waals surface area contributed by atoms with Crippen molar-refractivity contribution in [2.45, 2.75) is 46.6 Å². The summed E-state index contributed by atoms with van der Waals surface area (Å²) >= 11 is 1.74. The maximum Gasteiger partial charge on any atom is 0.193 e. The summed E-state index contributed by atoms with van der Waals surface area (Å²) < 4.78 is 0. The van der Waals surface area contributed by atoms with Crippen molar-refractivity contribution in [3.8, 4) is 0 Å². The van der Waals surface area contributed by atoms with Gasteiger partial charge in [-0.15, -0.1) is 35.3 Å². The molecule has 0 aromatic carbocycles. The average Bonchev–Trinajstić information content (AvgIpc) is 3.07. The van der Waals surface area contributed by atoms with Crippen molar-refractivity contribution in [2.75, 3.05) is 20.1 Å². The first-order valence-electron chi connectivity index (χ1n) is 7.49. The molecule has 0 radical (unpaired) electrons. The van der Waals surface area contributed by atoms with Crippen molar-refractivity contribution in [3.63, 3.8) is 0 Å². The lowest BCUT2D eigenvalue weighted by Crippen LogP contribution is -2.40. The molecule has 4 nitrogen and oxygen atoms in total. The number of nitrogens with zero attached hydrogens (tertiary/aromatic N) is 3. The predicted octanol–water partition coefficient (Wildman–Crippen LogP) is 3.66. The number of hydrogen-bond donors (Lipinski definition) is 1. The van der Waals surface area contributed by atoms with E-state index in [0.717, 1.165) is 30.6 Å². The van der Waals surface area contributed by atoms with Gasteiger partial charge in [-0.25, -0.2) is 4.98 Å². The summed E-state index contributed by atoms with van der Waals surface area (Å²) in [4.78, 5) is 12.4. The summed E-state index contributed by atoms with van der Waals surface area (Å²) in [6.07, 6.45) is 5.74. The van der Waals surface area contributed by atoms with Crippen molar-refractivity contribution in [1.29, 1.82) is 0 Å². The molecule has 1 aliphatic heterocycles. The minimum atomic E-state index is 0. The van der Waals surface area contributed by atoms with E-state index in [-0.39, 0.29) is 24.0 Å². The largest absolute Gasteiger partial charge is 0.351 e. The fourth-order valence-corrected chi connectivity index (χ4v) is 3.66. The van der Waals surface area contributed by atoms with Crippen LogP contribution in [0.25, 0.3) is 0 Å². The van der Waals surface area contributed by atoms with E-state index in [1.165, 1.54) is 24.1 Å². The maximum absolute atomic E-state index is 4.44. The molecule has 6 heteroatoms. The zero-order valence-electron chi connectivity index (χ0n) is 13.5. The first-order valence-corrected chi connectivity index (χ1v) is 8.31. The van der Waals surface area contributed by atoms with Crippen molar-refractivity contribution in [2.24, 2.45) is 10.4 Å². The molecule has 1 aromatic rings. The van der Waals surface area contributed by atoms with Crippen LogP contribution in [0.1, 0.15) is 43.0 Å². The van der Waals surface area contributed by atoms with E-state index in [0.29, 0.717) is 5.41 Å². The third-order valence-corrected chi connectivity index (χ3v) is 5.45. The zero-order valence-corrected chi connectivity index (χ0v) is 16.6. The van der Waals surface area contributed by atoms with E-state index in [4.69, 9.17) is 0 Å². The SMILES string of the molecule is CCC1(CC)CCN(C(=NC)NCc2cnc(C)s2)C1.I. The standard InChI is InChI=1S/C15H26N4S.HI/c1-5-15(6-2)7-8-19(11-15)14(16-4)18-10-13-9-17-12(3)20-13;/h9H,5-8,10-11H2,1-4H3,(H,16,18);1H. The topological polar surface area (TPSA) is 40.5 Å². The molecule has 0 atom stereocenters. The number of aliphatic imine (C=N–C) groups is 1. The van der Waals surface area contributed by atoms with Gasteiger partial charge in [0.15, 0.2) is 5.96 Å². The number of likely N-dealkylation sites (tertiary alicyclic amines) is 1. The number of guanidine groups is 1. The van der Waals surface area contributed by atoms with Gasteiger partial charge in [0.25, 0.3) is 0 Å². The summed E-state index contributed by atoms with van der Waals surface area (Å²) in [7, 11) is 1.87. The number of hydrogen-bond acceptors (Lipinski definition) is 3. The minimum absolute atomic E-state index is 0. The molecule has 0 aliphatic carbocycles. The molecule has 0 amide bonds. The Kier molecular flexibility index (Phi) is 7.39. The van der Waals surface area contributed by atoms with Gasteiger partial charge in [0.2, 0.25) is 0 Å². The number of rotatable bonds is 4. The van der Waals surface area contributed by atoms with E-state index >= 15 is 0 Å². The Morgan fingerprint density at radius 3 is 2.67 bits per heavy atom. The quantitative estimate of drug-likeness (QED) is 0.458. The minimum Gasteiger partial charge on any atom is -0.351 e. The van der Waals surface area contributed by atoms with Crippen LogP contribution in [0.4, 0.5) is 0 Å². The highest BCUT2D eigenvalue weighted by atomic mass is 127. The second-order valence-corrected chi connectivity index (χ2v) is 6.94. The number of halogens is 1. The second kappa shape index (κ2) is 8.31. The Morgan fingerprint density at radius 2 is 2.19 bits per heavy atom. The molecule has 21 heavy (non-hydrogen) atoms. The van der Waals surface area contributed by atoms with Gasteiger partial charge >= 0.3 is 0 Å². The van der Waals surface area contributed by atoms with Gasteiger partial charge in [0, 0.05) is 31.2 Å². The highest BCUT2D eigenvalue weighted by Gasteiger charge is 2.36. The number of aryl methyl sites for hydroxylation is 1. The fraction of sp³-hybridized carbons (Fsp3) is 0.733. The Balaban J connectivity index is 0.00000220. The zero-order chi connectivity index (χ0) is 14.6. The van der Waals surface area contributed by atoms with Gasteiger partial charge in [0.1, 0.15) is 0 Å². The van der Waals surface area contributed by atoms with Crippen LogP contribution >= 0.6 is 35.3 Å². The average molecular weight is 422 g/mol. The molecule has 0 saturated carbocycles. The van der Waals surface area contributed by atoms with Crippen LogP contribution in [-0.2, 0) is 6.54 Å². The van der Waals surface area contributed by atoms with Crippen molar-refractivity contribution >= 4 is 41.3 Å². The monoisotopic (exact) mass is 422 g/mol. The van der Waals surface area contributed by atoms with Crippen LogP contribution in [-0.4, -0.2) is 36.0 Å². The molecule has 1 fully saturated rings. The molecular weight excluding hydrogens is 395 g/mol. The smallest absolute Gasteiger partial charge is 0.193 e. The van der Waals surface area contributed by atoms with Crippen molar-refractivity contribution in [1.82, 2.24) is 15.2 Å². The lowest BCUT2D eigenvalue weighted by Gasteiger charge is -2.27. The van der Waals surface area contributed by atoms with Crippen LogP contribution in [0.3, 0.4) is 0 Å². The van der Waals surface area contributed by atoms with Crippen LogP contribution in [0.2, 0.25) is 0 Å². The van der Waals surface area contributed by atoms with Crippen molar-refractivity contribution in [3.05, 3.63) is 16.1 Å². The molecular formula is C15H27IN4S. The normalized spacial score (nSPS) is 17.7. The third-order valence-electron chi connectivity index (χ3n) is 4.54. The molecule has 0 bridgehead atoms. The van der Waals surface area contributed by atoms with Gasteiger partial charge in [-0.2, -0.15) is 0 Å². The summed E-state index contributed by atoms with van der Waals surface area (Å²) in [5.41, 5.74) is 0.485. The Bertz CT molecular complexity index is 468. The van der Waals surface area contributed by atoms with Crippen molar-refractivity contribution < 1.29 is 0 Å². The molecule has 2 rings (SSSR count). The van der Waals surface area contributed by atoms with Gasteiger partial charge in [0.05, 0.1) is 11.6 Å². The lowest BCUT2D eigenvalue weighted by molar-refractivity contribution is 0.276. The predicted molar refractivity (Wildman–Crippen MR) is 102 cm³/mol. The number of nitrogens with one attached hydrogen (secondary N) is 1. The van der Waals surface area contributed by atoms with E-state index in [2.05, 4.69) is 34.0 Å². The molecule has 1 saturated heterocycles. The molecule has 2 heterocycles. The molecule has 1 N–H and O–H groups in total. The van der Waals surface area contributed by atoms with E-state index in [1.54, 1.807) is 11.3 Å². The second-order valence-electron chi connectivity index (χ2n) is 5.63. The summed E-state index contributed by atoms with van der Waals surface area (Å²) in [6, 6.07) is 0. The summed E-state index contributed by atoms with van der Waals surface area (Å²) in [6.45, 7) is 9.72. The van der Waals surface area contributed by atoms with Crippen LogP contribution < -0.4 is 5.32 Å². The molecule has 1 aromatic heterocycles. The fourth-order valence-electron chi connectivity index (χ4n) is 2.93. The summed E-state index contributed by atoms with van der Waals surface area (Å²) in [5.74, 6) is 1.03. The van der Waals surface area contributed by atoms with Gasteiger partial charge in [-0.3, -0.25) is 4.99 Å². The summed E-state index contributed by atoms with van der Waals surface area (Å²) in [5, 5.41) is 4.59. The Hall–Kier alpha value is -0.370. The van der Waals surface area contributed by atoms with Crippen LogP contribution in [0.15, 0.2) is 11.2 Å². The van der Waals surface area contributed by atoms with E-state index in [1.807, 2.05) is 20.2 Å². The Morgan fingerprint density at radius 1 is 1.48 bits per heavy atom. The van der Waals surface area contributed by atoms with Crippen LogP contribution in [0.5, 0.6) is 0 Å². The molecule has 0 unspecified atom stereocenters. The Labute approximate surface area is 149 Å². The highest BCUT2D eigenvalue weighted by molar-refractivity contribution is 14.0. The maximum atomic E-state index is 4.44. The number of aromatic nitrogens is 1. The first-order chi connectivity index (χ1) is 9.62. The molecule has 120 valence electrons. The van der Waals surface area contributed by atoms with Gasteiger partial charge in [-0.1, -0.05) is 13.8 Å². The van der Waals surface area contributed by atoms with E-state index in [9.17, 15) is 0 Å². The van der Waals surface area contributed by atoms with Crippen LogP contribution in [0, 0.1) is 12.3 Å². The van der Waals surface area contributed by atoms with E-state index < -0.39 is 0 Å². The van der Waals surface area contributed by atoms with Gasteiger partial charge in [-0.05, 0) is 31.6 Å². The highest BCUT2D eigenvalue weighted by Crippen LogP contribution is 2.36. The number of thiazole rings is 1. The van der Waals surface area contributed by atoms with Gasteiger partial charge < -0.3 is 10.2 Å². The lowest BCUT2D eigenvalue weighted by atomic mass is 9.82. The molecule has 0 spiro atoms. The first kappa shape index (κ1) is 18.7.